The fourth-order valence-electron chi connectivity index (χ4n) is 1.99. The molecule has 0 saturated heterocycles. The van der Waals surface area contributed by atoms with Gasteiger partial charge in [-0.05, 0) is 28.4 Å². The lowest BCUT2D eigenvalue weighted by atomic mass is 10.2. The number of pyridine rings is 1. The van der Waals surface area contributed by atoms with E-state index >= 15 is 0 Å². The van der Waals surface area contributed by atoms with Crippen LogP contribution in [-0.2, 0) is 6.54 Å². The van der Waals surface area contributed by atoms with Crippen molar-refractivity contribution in [1.82, 2.24) is 14.5 Å². The summed E-state index contributed by atoms with van der Waals surface area (Å²) in [5.41, 5.74) is 7.92. The smallest absolute Gasteiger partial charge is 0.160 e. The van der Waals surface area contributed by atoms with Crippen molar-refractivity contribution in [2.75, 3.05) is 0 Å². The summed E-state index contributed by atoms with van der Waals surface area (Å²) in [6.07, 6.45) is 2.76. The van der Waals surface area contributed by atoms with E-state index in [2.05, 4.69) is 51.2 Å². The Bertz CT molecular complexity index is 547. The zero-order valence-electron chi connectivity index (χ0n) is 11.0. The number of nitrogens with zero attached hydrogens (tertiary/aromatic N) is 3. The van der Waals surface area contributed by atoms with Crippen molar-refractivity contribution >= 4 is 27.1 Å². The normalized spacial score (nSPS) is 13.4. The summed E-state index contributed by atoms with van der Waals surface area (Å²) in [5, 5.41) is 0. The molecule has 98 valence electrons. The molecule has 0 amide bonds. The Balaban J connectivity index is 2.55. The molecule has 2 N–H and O–H groups in total. The highest BCUT2D eigenvalue weighted by atomic mass is 79.9. The maximum Gasteiger partial charge on any atom is 0.160 e. The molecule has 0 aliphatic heterocycles. The van der Waals surface area contributed by atoms with Gasteiger partial charge in [0.25, 0.3) is 0 Å². The number of nitrogens with two attached hydrogens (primary N) is 1. The summed E-state index contributed by atoms with van der Waals surface area (Å²) < 4.78 is 3.11. The topological polar surface area (TPSA) is 56.7 Å². The van der Waals surface area contributed by atoms with E-state index in [1.54, 1.807) is 0 Å². The van der Waals surface area contributed by atoms with Gasteiger partial charge < -0.3 is 10.3 Å². The van der Waals surface area contributed by atoms with Gasteiger partial charge in [-0.15, -0.1) is 0 Å². The highest BCUT2D eigenvalue weighted by Gasteiger charge is 2.16. The molecule has 2 aromatic rings. The molecule has 0 bridgehead atoms. The summed E-state index contributed by atoms with van der Waals surface area (Å²) in [5.74, 6) is 1.42. The lowest BCUT2D eigenvalue weighted by Gasteiger charge is -2.14. The number of hydrogen-bond acceptors (Lipinski definition) is 3. The van der Waals surface area contributed by atoms with Crippen molar-refractivity contribution < 1.29 is 0 Å². The number of rotatable bonds is 4. The lowest BCUT2D eigenvalue weighted by molar-refractivity contribution is 0.521. The van der Waals surface area contributed by atoms with Gasteiger partial charge in [-0.3, -0.25) is 0 Å². The van der Waals surface area contributed by atoms with Gasteiger partial charge in [-0.1, -0.05) is 20.8 Å². The number of hydrogen-bond donors (Lipinski definition) is 1. The molecule has 0 fully saturated rings. The third-order valence-corrected chi connectivity index (χ3v) is 3.47. The first kappa shape index (κ1) is 13.5. The van der Waals surface area contributed by atoms with Gasteiger partial charge in [0.05, 0.1) is 0 Å². The van der Waals surface area contributed by atoms with Gasteiger partial charge in [0, 0.05) is 29.2 Å². The largest absolute Gasteiger partial charge is 0.326 e. The molecule has 1 atom stereocenters. The van der Waals surface area contributed by atoms with Crippen LogP contribution in [0.15, 0.2) is 16.7 Å². The Kier molecular flexibility index (Phi) is 4.02. The van der Waals surface area contributed by atoms with E-state index in [9.17, 15) is 0 Å². The van der Waals surface area contributed by atoms with E-state index < -0.39 is 0 Å². The molecule has 0 saturated carbocycles. The molecule has 0 aromatic carbocycles. The monoisotopic (exact) mass is 310 g/mol. The third-order valence-electron chi connectivity index (χ3n) is 3.04. The summed E-state index contributed by atoms with van der Waals surface area (Å²) in [4.78, 5) is 9.14. The van der Waals surface area contributed by atoms with Gasteiger partial charge in [0.2, 0.25) is 0 Å². The maximum atomic E-state index is 6.07. The van der Waals surface area contributed by atoms with Gasteiger partial charge in [-0.25, -0.2) is 9.97 Å². The average Bonchev–Trinajstić information content (AvgIpc) is 2.67. The SMILES string of the molecule is CCC(N)Cn1c(C(C)C)nc2cc(Br)cnc21. The molecule has 2 aromatic heterocycles. The molecule has 0 aliphatic carbocycles. The molecular formula is C13H19BrN4. The number of fused-ring (bicyclic) bond motifs is 1. The highest BCUT2D eigenvalue weighted by molar-refractivity contribution is 9.10. The molecular weight excluding hydrogens is 292 g/mol. The zero-order valence-corrected chi connectivity index (χ0v) is 12.6. The predicted molar refractivity (Wildman–Crippen MR) is 77.6 cm³/mol. The Labute approximate surface area is 116 Å². The Morgan fingerprint density at radius 3 is 2.78 bits per heavy atom. The number of imidazole rings is 1. The summed E-state index contributed by atoms with van der Waals surface area (Å²) in [6, 6.07) is 2.15. The Morgan fingerprint density at radius 1 is 1.44 bits per heavy atom. The van der Waals surface area contributed by atoms with E-state index in [0.29, 0.717) is 5.92 Å². The van der Waals surface area contributed by atoms with E-state index in [4.69, 9.17) is 5.73 Å². The first-order valence-corrected chi connectivity index (χ1v) is 7.09. The first-order valence-electron chi connectivity index (χ1n) is 6.30. The molecule has 2 heterocycles. The second-order valence-corrected chi connectivity index (χ2v) is 5.82. The summed E-state index contributed by atoms with van der Waals surface area (Å²) in [7, 11) is 0. The van der Waals surface area contributed by atoms with Crippen LogP contribution in [0.5, 0.6) is 0 Å². The van der Waals surface area contributed by atoms with Gasteiger partial charge >= 0.3 is 0 Å². The van der Waals surface area contributed by atoms with Crippen molar-refractivity contribution in [3.8, 4) is 0 Å². The first-order chi connectivity index (χ1) is 8.52. The van der Waals surface area contributed by atoms with Crippen LogP contribution in [-0.4, -0.2) is 20.6 Å². The predicted octanol–water partition coefficient (Wildman–Crippen LogP) is 3.05. The van der Waals surface area contributed by atoms with E-state index in [1.807, 2.05) is 12.3 Å². The van der Waals surface area contributed by atoms with Crippen molar-refractivity contribution in [3.63, 3.8) is 0 Å². The zero-order chi connectivity index (χ0) is 13.3. The fourth-order valence-corrected chi connectivity index (χ4v) is 2.31. The average molecular weight is 311 g/mol. The highest BCUT2D eigenvalue weighted by Crippen LogP contribution is 2.23. The molecule has 0 aliphatic rings. The van der Waals surface area contributed by atoms with E-state index in [1.165, 1.54) is 0 Å². The van der Waals surface area contributed by atoms with Crippen LogP contribution in [0.2, 0.25) is 0 Å². The number of aromatic nitrogens is 3. The van der Waals surface area contributed by atoms with Gasteiger partial charge in [0.15, 0.2) is 5.65 Å². The van der Waals surface area contributed by atoms with Crippen LogP contribution >= 0.6 is 15.9 Å². The standard InChI is InChI=1S/C13H19BrN4/c1-4-10(15)7-18-12(8(2)3)17-11-5-9(14)6-16-13(11)18/h5-6,8,10H,4,7,15H2,1-3H3. The molecule has 4 nitrogen and oxygen atoms in total. The molecule has 5 heteroatoms. The minimum absolute atomic E-state index is 0.144. The van der Waals surface area contributed by atoms with Gasteiger partial charge in [0.1, 0.15) is 11.3 Å². The van der Waals surface area contributed by atoms with Gasteiger partial charge in [-0.2, -0.15) is 0 Å². The number of halogens is 1. The molecule has 18 heavy (non-hydrogen) atoms. The molecule has 2 rings (SSSR count). The Morgan fingerprint density at radius 2 is 2.17 bits per heavy atom. The van der Waals surface area contributed by atoms with Crippen LogP contribution in [0.25, 0.3) is 11.2 Å². The van der Waals surface area contributed by atoms with Crippen LogP contribution < -0.4 is 5.73 Å². The molecule has 0 spiro atoms. The van der Waals surface area contributed by atoms with Crippen molar-refractivity contribution in [2.45, 2.75) is 45.7 Å². The van der Waals surface area contributed by atoms with Crippen molar-refractivity contribution in [1.29, 1.82) is 0 Å². The Hall–Kier alpha value is -0.940. The summed E-state index contributed by atoms with van der Waals surface area (Å²) >= 11 is 3.43. The summed E-state index contributed by atoms with van der Waals surface area (Å²) in [6.45, 7) is 7.16. The van der Waals surface area contributed by atoms with Crippen molar-refractivity contribution in [3.05, 3.63) is 22.6 Å². The minimum Gasteiger partial charge on any atom is -0.326 e. The molecule has 1 unspecified atom stereocenters. The van der Waals surface area contributed by atoms with Crippen LogP contribution in [0.3, 0.4) is 0 Å². The fraction of sp³-hybridized carbons (Fsp3) is 0.538. The van der Waals surface area contributed by atoms with E-state index in [-0.39, 0.29) is 6.04 Å². The van der Waals surface area contributed by atoms with Crippen LogP contribution in [0.1, 0.15) is 38.9 Å². The quantitative estimate of drug-likeness (QED) is 0.944. The second kappa shape index (κ2) is 5.36. The van der Waals surface area contributed by atoms with E-state index in [0.717, 1.165) is 34.4 Å². The second-order valence-electron chi connectivity index (χ2n) is 4.90. The minimum atomic E-state index is 0.144. The maximum absolute atomic E-state index is 6.07. The van der Waals surface area contributed by atoms with Crippen molar-refractivity contribution in [2.24, 2.45) is 5.73 Å². The lowest BCUT2D eigenvalue weighted by Crippen LogP contribution is -2.26. The van der Waals surface area contributed by atoms with Crippen LogP contribution in [0, 0.1) is 0 Å². The van der Waals surface area contributed by atoms with Crippen LogP contribution in [0.4, 0.5) is 0 Å². The third kappa shape index (κ3) is 2.57. The molecule has 0 radical (unpaired) electrons.